The molecular formula is C23H19N5O3S2. The Bertz CT molecular complexity index is 1590. The van der Waals surface area contributed by atoms with Gasteiger partial charge in [-0.25, -0.2) is 9.97 Å². The van der Waals surface area contributed by atoms with Crippen molar-refractivity contribution in [1.82, 2.24) is 24.1 Å². The predicted molar refractivity (Wildman–Crippen MR) is 130 cm³/mol. The molecule has 0 bridgehead atoms. The summed E-state index contributed by atoms with van der Waals surface area (Å²) in [5.41, 5.74) is 1.88. The van der Waals surface area contributed by atoms with E-state index in [0.717, 1.165) is 16.3 Å². The minimum absolute atomic E-state index is 0.111. The maximum atomic E-state index is 13.3. The molecule has 33 heavy (non-hydrogen) atoms. The monoisotopic (exact) mass is 477 g/mol. The number of hydrogen-bond acceptors (Lipinski definition) is 8. The van der Waals surface area contributed by atoms with E-state index in [-0.39, 0.29) is 11.1 Å². The number of methoxy groups -OCH3 is 1. The Kier molecular flexibility index (Phi) is 5.69. The number of nitrogens with zero attached hydrogens (tertiary/aromatic N) is 5. The molecule has 0 spiro atoms. The molecule has 0 unspecified atom stereocenters. The topological polar surface area (TPSA) is 91.4 Å². The first-order valence-electron chi connectivity index (χ1n) is 10.1. The van der Waals surface area contributed by atoms with Crippen molar-refractivity contribution in [2.75, 3.05) is 7.11 Å². The third-order valence-corrected chi connectivity index (χ3v) is 6.91. The number of fused-ring (bicyclic) bond motifs is 2. The van der Waals surface area contributed by atoms with Gasteiger partial charge < -0.3 is 4.74 Å². The smallest absolute Gasteiger partial charge is 0.275 e. The molecule has 0 amide bonds. The summed E-state index contributed by atoms with van der Waals surface area (Å²) in [7, 11) is 1.62. The fourth-order valence-corrected chi connectivity index (χ4v) is 5.13. The lowest BCUT2D eigenvalue weighted by Crippen LogP contribution is -2.24. The summed E-state index contributed by atoms with van der Waals surface area (Å²) in [6, 6.07) is 16.4. The van der Waals surface area contributed by atoms with Crippen molar-refractivity contribution < 1.29 is 4.74 Å². The van der Waals surface area contributed by atoms with Gasteiger partial charge in [0.05, 0.1) is 30.3 Å². The van der Waals surface area contributed by atoms with E-state index in [1.807, 2.05) is 49.4 Å². The van der Waals surface area contributed by atoms with Gasteiger partial charge in [-0.2, -0.15) is 9.61 Å². The van der Waals surface area contributed by atoms with Crippen LogP contribution >= 0.6 is 23.1 Å². The highest BCUT2D eigenvalue weighted by molar-refractivity contribution is 7.98. The molecule has 0 aliphatic carbocycles. The molecular weight excluding hydrogens is 458 g/mol. The lowest BCUT2D eigenvalue weighted by Gasteiger charge is -2.13. The van der Waals surface area contributed by atoms with Crippen molar-refractivity contribution in [1.29, 1.82) is 0 Å². The molecule has 10 heteroatoms. The molecule has 0 N–H and O–H groups in total. The molecule has 0 aliphatic heterocycles. The normalized spacial score (nSPS) is 11.3. The second-order valence-electron chi connectivity index (χ2n) is 7.34. The maximum Gasteiger partial charge on any atom is 0.275 e. The number of para-hydroxylation sites is 1. The Labute approximate surface area is 196 Å². The highest BCUT2D eigenvalue weighted by Crippen LogP contribution is 2.23. The third-order valence-electron chi connectivity index (χ3n) is 5.07. The Hall–Kier alpha value is -3.50. The van der Waals surface area contributed by atoms with E-state index in [1.54, 1.807) is 17.7 Å². The van der Waals surface area contributed by atoms with Gasteiger partial charge in [0, 0.05) is 11.8 Å². The summed E-state index contributed by atoms with van der Waals surface area (Å²) in [4.78, 5) is 35.6. The fraction of sp³-hybridized carbons (Fsp3) is 0.174. The van der Waals surface area contributed by atoms with Crippen LogP contribution in [0.3, 0.4) is 0 Å². The van der Waals surface area contributed by atoms with Crippen molar-refractivity contribution in [3.63, 3.8) is 0 Å². The van der Waals surface area contributed by atoms with Crippen LogP contribution in [0.5, 0.6) is 5.75 Å². The van der Waals surface area contributed by atoms with Crippen molar-refractivity contribution in [3.05, 3.63) is 91.6 Å². The van der Waals surface area contributed by atoms with Crippen LogP contribution in [0, 0.1) is 6.92 Å². The summed E-state index contributed by atoms with van der Waals surface area (Å²) in [5, 5.41) is 6.08. The number of thioether (sulfide) groups is 1. The Balaban J connectivity index is 1.52. The number of rotatable bonds is 6. The van der Waals surface area contributed by atoms with Crippen LogP contribution in [-0.2, 0) is 12.3 Å². The van der Waals surface area contributed by atoms with Gasteiger partial charge in [-0.15, -0.1) is 0 Å². The minimum Gasteiger partial charge on any atom is -0.497 e. The SMILES string of the molecule is COc1ccc(Cn2c(SCc3cc(=O)n4nc(C)sc4n3)nc3ccccc3c2=O)cc1. The molecule has 0 saturated heterocycles. The van der Waals surface area contributed by atoms with E-state index >= 15 is 0 Å². The number of benzene rings is 2. The van der Waals surface area contributed by atoms with E-state index in [0.29, 0.717) is 39.0 Å². The Morgan fingerprint density at radius 3 is 2.64 bits per heavy atom. The summed E-state index contributed by atoms with van der Waals surface area (Å²) >= 11 is 2.75. The lowest BCUT2D eigenvalue weighted by molar-refractivity contribution is 0.414. The van der Waals surface area contributed by atoms with Gasteiger partial charge >= 0.3 is 0 Å². The van der Waals surface area contributed by atoms with Crippen molar-refractivity contribution >= 4 is 39.0 Å². The molecule has 2 aromatic carbocycles. The molecule has 166 valence electrons. The zero-order valence-corrected chi connectivity index (χ0v) is 19.5. The van der Waals surface area contributed by atoms with Crippen molar-refractivity contribution in [3.8, 4) is 5.75 Å². The first-order valence-corrected chi connectivity index (χ1v) is 11.9. The third kappa shape index (κ3) is 4.27. The minimum atomic E-state index is -0.220. The van der Waals surface area contributed by atoms with Crippen LogP contribution in [0.4, 0.5) is 0 Å². The van der Waals surface area contributed by atoms with Crippen molar-refractivity contribution in [2.45, 2.75) is 24.4 Å². The molecule has 0 atom stereocenters. The Morgan fingerprint density at radius 2 is 1.85 bits per heavy atom. The average molecular weight is 478 g/mol. The molecule has 0 aliphatic rings. The zero-order chi connectivity index (χ0) is 22.9. The molecule has 3 aromatic heterocycles. The standard InChI is InChI=1S/C23H19N5O3S2/c1-14-26-28-20(29)11-16(24-23(28)33-14)13-32-22-25-19-6-4-3-5-18(19)21(30)27(22)12-15-7-9-17(31-2)10-8-15/h3-11H,12-13H2,1-2H3. The van der Waals surface area contributed by atoms with Gasteiger partial charge in [-0.05, 0) is 36.8 Å². The maximum absolute atomic E-state index is 13.3. The summed E-state index contributed by atoms with van der Waals surface area (Å²) < 4.78 is 8.20. The number of ether oxygens (including phenoxy) is 1. The van der Waals surface area contributed by atoms with E-state index in [2.05, 4.69) is 10.1 Å². The second-order valence-corrected chi connectivity index (χ2v) is 9.44. The molecule has 0 saturated carbocycles. The highest BCUT2D eigenvalue weighted by Gasteiger charge is 2.14. The molecule has 5 aromatic rings. The van der Waals surface area contributed by atoms with Gasteiger partial charge in [-0.1, -0.05) is 47.4 Å². The van der Waals surface area contributed by atoms with Crippen molar-refractivity contribution in [2.24, 2.45) is 0 Å². The molecule has 3 heterocycles. The van der Waals surface area contributed by atoms with Crippen LogP contribution in [0.15, 0.2) is 69.3 Å². The van der Waals surface area contributed by atoms with Gasteiger partial charge in [0.1, 0.15) is 10.8 Å². The van der Waals surface area contributed by atoms with Crippen LogP contribution in [0.2, 0.25) is 0 Å². The predicted octanol–water partition coefficient (Wildman–Crippen LogP) is 3.52. The van der Waals surface area contributed by atoms with Crippen LogP contribution in [-0.4, -0.2) is 31.3 Å². The number of aryl methyl sites for hydroxylation is 1. The van der Waals surface area contributed by atoms with E-state index < -0.39 is 0 Å². The van der Waals surface area contributed by atoms with Crippen LogP contribution in [0.25, 0.3) is 15.9 Å². The Morgan fingerprint density at radius 1 is 1.06 bits per heavy atom. The second kappa shape index (κ2) is 8.80. The largest absolute Gasteiger partial charge is 0.497 e. The van der Waals surface area contributed by atoms with E-state index in [4.69, 9.17) is 9.72 Å². The summed E-state index contributed by atoms with van der Waals surface area (Å²) in [6.45, 7) is 2.20. The quantitative estimate of drug-likeness (QED) is 0.273. The number of hydrogen-bond donors (Lipinski definition) is 0. The molecule has 0 radical (unpaired) electrons. The van der Waals surface area contributed by atoms with Gasteiger partial charge in [0.25, 0.3) is 11.1 Å². The molecule has 5 rings (SSSR count). The number of aromatic nitrogens is 5. The van der Waals surface area contributed by atoms with Gasteiger partial charge in [0.15, 0.2) is 5.16 Å². The summed E-state index contributed by atoms with van der Waals surface area (Å²) in [6.07, 6.45) is 0. The average Bonchev–Trinajstić information content (AvgIpc) is 3.21. The summed E-state index contributed by atoms with van der Waals surface area (Å²) in [5.74, 6) is 1.15. The highest BCUT2D eigenvalue weighted by atomic mass is 32.2. The van der Waals surface area contributed by atoms with Gasteiger partial charge in [-0.3, -0.25) is 14.2 Å². The van der Waals surface area contributed by atoms with Crippen LogP contribution in [0.1, 0.15) is 16.3 Å². The van der Waals surface area contributed by atoms with E-state index in [9.17, 15) is 9.59 Å². The van der Waals surface area contributed by atoms with E-state index in [1.165, 1.54) is 33.7 Å². The molecule has 8 nitrogen and oxygen atoms in total. The first kappa shape index (κ1) is 21.4. The molecule has 0 fully saturated rings. The van der Waals surface area contributed by atoms with Gasteiger partial charge in [0.2, 0.25) is 4.96 Å². The van der Waals surface area contributed by atoms with Crippen LogP contribution < -0.4 is 15.9 Å². The zero-order valence-electron chi connectivity index (χ0n) is 17.9. The first-order chi connectivity index (χ1) is 16.0. The lowest BCUT2D eigenvalue weighted by atomic mass is 10.2. The fourth-order valence-electron chi connectivity index (χ4n) is 3.48.